The van der Waals surface area contributed by atoms with E-state index in [9.17, 15) is 0 Å². The topological polar surface area (TPSA) is 64.1 Å². The molecule has 0 aromatic heterocycles. The van der Waals surface area contributed by atoms with E-state index in [-0.39, 0.29) is 5.41 Å². The van der Waals surface area contributed by atoms with E-state index in [1.54, 1.807) is 0 Å². The molecule has 0 saturated carbocycles. The molecule has 3 rings (SSSR count). The molecule has 126 valence electrons. The Balaban J connectivity index is 1.49. The quantitative estimate of drug-likeness (QED) is 0.615. The number of hydrogen-bond donors (Lipinski definition) is 2. The summed E-state index contributed by atoms with van der Waals surface area (Å²) in [6.07, 6.45) is 0.904. The van der Waals surface area contributed by atoms with Crippen LogP contribution in [0, 0.1) is 5.41 Å². The number of nitrogens with zero attached hydrogens (tertiary/aromatic N) is 1. The minimum absolute atomic E-state index is 0.194. The smallest absolute Gasteiger partial charge is 0.231 e. The van der Waals surface area contributed by atoms with Crippen molar-refractivity contribution >= 4 is 5.96 Å². The van der Waals surface area contributed by atoms with E-state index in [0.717, 1.165) is 56.7 Å². The van der Waals surface area contributed by atoms with Crippen LogP contribution in [-0.4, -0.2) is 45.6 Å². The highest BCUT2D eigenvalue weighted by Gasteiger charge is 2.33. The summed E-state index contributed by atoms with van der Waals surface area (Å²) in [6.45, 7) is 8.64. The highest BCUT2D eigenvalue weighted by molar-refractivity contribution is 5.79. The third kappa shape index (κ3) is 4.07. The predicted octanol–water partition coefficient (Wildman–Crippen LogP) is 1.55. The summed E-state index contributed by atoms with van der Waals surface area (Å²) in [5.41, 5.74) is 1.41. The zero-order valence-electron chi connectivity index (χ0n) is 13.9. The van der Waals surface area contributed by atoms with Gasteiger partial charge in [-0.1, -0.05) is 13.0 Å². The fourth-order valence-corrected chi connectivity index (χ4v) is 2.58. The normalized spacial score (nSPS) is 18.4. The van der Waals surface area contributed by atoms with Gasteiger partial charge in [0.1, 0.15) is 0 Å². The minimum atomic E-state index is 0.194. The lowest BCUT2D eigenvalue weighted by Crippen LogP contribution is -2.44. The molecule has 6 heteroatoms. The van der Waals surface area contributed by atoms with E-state index >= 15 is 0 Å². The largest absolute Gasteiger partial charge is 0.454 e. The third-order valence-corrected chi connectivity index (χ3v) is 4.01. The first kappa shape index (κ1) is 15.9. The van der Waals surface area contributed by atoms with Crippen molar-refractivity contribution in [3.63, 3.8) is 0 Å². The predicted molar refractivity (Wildman–Crippen MR) is 89.2 cm³/mol. The Morgan fingerprint density at radius 2 is 2.04 bits per heavy atom. The molecule has 2 N–H and O–H groups in total. The molecule has 6 nitrogen and oxygen atoms in total. The van der Waals surface area contributed by atoms with Gasteiger partial charge in [0.2, 0.25) is 6.79 Å². The van der Waals surface area contributed by atoms with Crippen molar-refractivity contribution in [2.24, 2.45) is 10.4 Å². The Kier molecular flexibility index (Phi) is 4.91. The zero-order chi connectivity index (χ0) is 16.1. The van der Waals surface area contributed by atoms with Crippen molar-refractivity contribution in [3.05, 3.63) is 23.8 Å². The molecule has 0 atom stereocenters. The van der Waals surface area contributed by atoms with Crippen LogP contribution in [0.3, 0.4) is 0 Å². The molecule has 2 aliphatic heterocycles. The van der Waals surface area contributed by atoms with Crippen molar-refractivity contribution in [2.75, 3.05) is 39.6 Å². The molecule has 23 heavy (non-hydrogen) atoms. The van der Waals surface area contributed by atoms with E-state index in [2.05, 4.69) is 35.5 Å². The van der Waals surface area contributed by atoms with Gasteiger partial charge in [-0.3, -0.25) is 4.99 Å². The highest BCUT2D eigenvalue weighted by atomic mass is 16.7. The molecule has 0 aliphatic carbocycles. The number of benzene rings is 1. The maximum absolute atomic E-state index is 5.41. The van der Waals surface area contributed by atoms with E-state index in [0.29, 0.717) is 6.79 Å². The van der Waals surface area contributed by atoms with Gasteiger partial charge in [-0.2, -0.15) is 0 Å². The first-order chi connectivity index (χ1) is 11.2. The summed E-state index contributed by atoms with van der Waals surface area (Å²) < 4.78 is 16.0. The number of fused-ring (bicyclic) bond motifs is 1. The summed E-state index contributed by atoms with van der Waals surface area (Å²) in [5, 5.41) is 6.67. The lowest BCUT2D eigenvalue weighted by atomic mass is 9.89. The van der Waals surface area contributed by atoms with E-state index in [4.69, 9.17) is 14.2 Å². The van der Waals surface area contributed by atoms with Crippen LogP contribution in [0.1, 0.15) is 19.4 Å². The van der Waals surface area contributed by atoms with Gasteiger partial charge < -0.3 is 24.8 Å². The number of rotatable bonds is 6. The Morgan fingerprint density at radius 1 is 1.22 bits per heavy atom. The van der Waals surface area contributed by atoms with Crippen LogP contribution in [-0.2, 0) is 11.2 Å². The van der Waals surface area contributed by atoms with Crippen molar-refractivity contribution in [3.8, 4) is 11.5 Å². The lowest BCUT2D eigenvalue weighted by Gasteiger charge is -2.36. The van der Waals surface area contributed by atoms with Gasteiger partial charge in [-0.25, -0.2) is 0 Å². The van der Waals surface area contributed by atoms with Gasteiger partial charge in [0.25, 0.3) is 0 Å². The van der Waals surface area contributed by atoms with Crippen molar-refractivity contribution in [1.82, 2.24) is 10.6 Å². The zero-order valence-corrected chi connectivity index (χ0v) is 13.9. The van der Waals surface area contributed by atoms with Crippen LogP contribution in [0.15, 0.2) is 23.2 Å². The third-order valence-electron chi connectivity index (χ3n) is 4.01. The van der Waals surface area contributed by atoms with Crippen molar-refractivity contribution in [1.29, 1.82) is 0 Å². The summed E-state index contributed by atoms with van der Waals surface area (Å²) in [4.78, 5) is 4.67. The maximum Gasteiger partial charge on any atom is 0.231 e. The van der Waals surface area contributed by atoms with Crippen LogP contribution in [0.2, 0.25) is 0 Å². The molecule has 0 unspecified atom stereocenters. The van der Waals surface area contributed by atoms with Crippen LogP contribution >= 0.6 is 0 Å². The number of nitrogens with one attached hydrogen (secondary N) is 2. The van der Waals surface area contributed by atoms with Crippen molar-refractivity contribution in [2.45, 2.75) is 20.3 Å². The molecule has 1 saturated heterocycles. The molecule has 0 radical (unpaired) electrons. The summed E-state index contributed by atoms with van der Waals surface area (Å²) in [6, 6.07) is 6.08. The summed E-state index contributed by atoms with van der Waals surface area (Å²) in [5.74, 6) is 2.52. The molecule has 1 aromatic rings. The van der Waals surface area contributed by atoms with Crippen LogP contribution in [0.25, 0.3) is 0 Å². The molecular formula is C17H25N3O3. The van der Waals surface area contributed by atoms with Crippen LogP contribution < -0.4 is 20.1 Å². The number of aliphatic imine (C=N–C) groups is 1. The monoisotopic (exact) mass is 319 g/mol. The molecule has 0 spiro atoms. The maximum atomic E-state index is 5.41. The number of hydrogen-bond acceptors (Lipinski definition) is 4. The fourth-order valence-electron chi connectivity index (χ4n) is 2.58. The highest BCUT2D eigenvalue weighted by Crippen LogP contribution is 2.32. The first-order valence-electron chi connectivity index (χ1n) is 8.17. The van der Waals surface area contributed by atoms with E-state index in [1.165, 1.54) is 5.56 Å². The summed E-state index contributed by atoms with van der Waals surface area (Å²) >= 11 is 0. The molecule has 1 fully saturated rings. The van der Waals surface area contributed by atoms with Gasteiger partial charge in [-0.15, -0.1) is 0 Å². The average molecular weight is 319 g/mol. The second-order valence-electron chi connectivity index (χ2n) is 6.36. The Hall–Kier alpha value is -1.95. The molecule has 2 heterocycles. The van der Waals surface area contributed by atoms with Gasteiger partial charge in [0.15, 0.2) is 17.5 Å². The van der Waals surface area contributed by atoms with Gasteiger partial charge in [0, 0.05) is 18.5 Å². The first-order valence-corrected chi connectivity index (χ1v) is 8.17. The van der Waals surface area contributed by atoms with Gasteiger partial charge in [0.05, 0.1) is 19.8 Å². The molecule has 2 aliphatic rings. The molecule has 0 bridgehead atoms. The second kappa shape index (κ2) is 7.08. The van der Waals surface area contributed by atoms with Gasteiger partial charge in [-0.05, 0) is 31.0 Å². The number of ether oxygens (including phenoxy) is 3. The Labute approximate surface area is 137 Å². The Bertz CT molecular complexity index is 570. The average Bonchev–Trinajstić information content (AvgIpc) is 2.98. The molecular weight excluding hydrogens is 294 g/mol. The summed E-state index contributed by atoms with van der Waals surface area (Å²) in [7, 11) is 0. The van der Waals surface area contributed by atoms with Gasteiger partial charge >= 0.3 is 0 Å². The molecule has 0 amide bonds. The molecule has 1 aromatic carbocycles. The second-order valence-corrected chi connectivity index (χ2v) is 6.36. The van der Waals surface area contributed by atoms with Crippen LogP contribution in [0.5, 0.6) is 11.5 Å². The lowest BCUT2D eigenvalue weighted by molar-refractivity contribution is -0.0945. The van der Waals surface area contributed by atoms with E-state index < -0.39 is 0 Å². The van der Waals surface area contributed by atoms with Crippen molar-refractivity contribution < 1.29 is 14.2 Å². The van der Waals surface area contributed by atoms with E-state index in [1.807, 2.05) is 12.1 Å². The minimum Gasteiger partial charge on any atom is -0.454 e. The SMILES string of the molecule is CCNC(=NCC1(C)COC1)NCCc1ccc2c(c1)OCO2. The standard InChI is InChI=1S/C17H25N3O3/c1-3-18-16(20-9-17(2)10-21-11-17)19-7-6-13-4-5-14-15(8-13)23-12-22-14/h4-5,8H,3,6-7,9-12H2,1-2H3,(H2,18,19,20). The number of guanidine groups is 1. The fraction of sp³-hybridized carbons (Fsp3) is 0.588. The Morgan fingerprint density at radius 3 is 2.78 bits per heavy atom. The van der Waals surface area contributed by atoms with Crippen LogP contribution in [0.4, 0.5) is 0 Å².